The molecule has 1 aromatic carbocycles. The summed E-state index contributed by atoms with van der Waals surface area (Å²) in [5.74, 6) is 0.787. The van der Waals surface area contributed by atoms with E-state index in [1.165, 1.54) is 0 Å². The fraction of sp³-hybridized carbons (Fsp3) is 0.417. The third-order valence-electron chi connectivity index (χ3n) is 2.49. The first-order chi connectivity index (χ1) is 7.70. The summed E-state index contributed by atoms with van der Waals surface area (Å²) >= 11 is 0. The number of alkyl carbamates (subject to hydrolysis) is 1. The Labute approximate surface area is 94.6 Å². The zero-order chi connectivity index (χ0) is 11.5. The number of cyclic esters (lactones) is 1. The first kappa shape index (κ1) is 10.8. The molecule has 1 N–H and O–H groups in total. The number of rotatable bonds is 3. The van der Waals surface area contributed by atoms with Crippen molar-refractivity contribution in [3.8, 4) is 5.75 Å². The van der Waals surface area contributed by atoms with Gasteiger partial charge in [0.15, 0.2) is 0 Å². The van der Waals surface area contributed by atoms with E-state index in [4.69, 9.17) is 9.47 Å². The molecule has 1 aliphatic heterocycles. The Hall–Kier alpha value is -1.71. The molecule has 4 heteroatoms. The summed E-state index contributed by atoms with van der Waals surface area (Å²) in [5, 5.41) is 2.64. The van der Waals surface area contributed by atoms with Gasteiger partial charge in [-0.3, -0.25) is 0 Å². The van der Waals surface area contributed by atoms with Gasteiger partial charge >= 0.3 is 6.09 Å². The number of hydrogen-bond donors (Lipinski definition) is 1. The van der Waals surface area contributed by atoms with Crippen LogP contribution in [0.5, 0.6) is 5.75 Å². The van der Waals surface area contributed by atoms with Crippen LogP contribution in [0.1, 0.15) is 24.2 Å². The first-order valence-corrected chi connectivity index (χ1v) is 5.38. The third-order valence-corrected chi connectivity index (χ3v) is 2.49. The summed E-state index contributed by atoms with van der Waals surface area (Å²) in [6.45, 7) is 5.04. The van der Waals surface area contributed by atoms with Gasteiger partial charge in [-0.25, -0.2) is 4.79 Å². The number of carbonyl (C=O) groups excluding carboxylic acids is 1. The van der Waals surface area contributed by atoms with Crippen LogP contribution < -0.4 is 10.1 Å². The zero-order valence-corrected chi connectivity index (χ0v) is 9.45. The smallest absolute Gasteiger partial charge is 0.407 e. The predicted molar refractivity (Wildman–Crippen MR) is 59.6 cm³/mol. The SMILES string of the molecule is CCOc1ccc(C)cc1C1CNC(=O)O1. The van der Waals surface area contributed by atoms with Crippen molar-refractivity contribution in [1.82, 2.24) is 5.32 Å². The molecule has 0 aliphatic carbocycles. The third kappa shape index (κ3) is 2.10. The zero-order valence-electron chi connectivity index (χ0n) is 9.45. The molecule has 0 bridgehead atoms. The molecule has 0 spiro atoms. The Kier molecular flexibility index (Phi) is 2.99. The van der Waals surface area contributed by atoms with Crippen molar-refractivity contribution in [3.05, 3.63) is 29.3 Å². The van der Waals surface area contributed by atoms with E-state index in [2.05, 4.69) is 5.32 Å². The molecule has 1 fully saturated rings. The average Bonchev–Trinajstić information content (AvgIpc) is 2.68. The molecule has 86 valence electrons. The molecular weight excluding hydrogens is 206 g/mol. The van der Waals surface area contributed by atoms with Gasteiger partial charge in [-0.2, -0.15) is 0 Å². The predicted octanol–water partition coefficient (Wildman–Crippen LogP) is 2.17. The highest BCUT2D eigenvalue weighted by atomic mass is 16.6. The van der Waals surface area contributed by atoms with Crippen molar-refractivity contribution in [1.29, 1.82) is 0 Å². The van der Waals surface area contributed by atoms with Crippen molar-refractivity contribution < 1.29 is 14.3 Å². The Morgan fingerprint density at radius 1 is 1.56 bits per heavy atom. The number of ether oxygens (including phenoxy) is 2. The standard InChI is InChI=1S/C12H15NO3/c1-3-15-10-5-4-8(2)6-9(10)11-7-13-12(14)16-11/h4-6,11H,3,7H2,1-2H3,(H,13,14). The highest BCUT2D eigenvalue weighted by Crippen LogP contribution is 2.30. The fourth-order valence-electron chi connectivity index (χ4n) is 1.77. The van der Waals surface area contributed by atoms with Crippen molar-refractivity contribution in [2.75, 3.05) is 13.2 Å². The molecule has 2 rings (SSSR count). The minimum absolute atomic E-state index is 0.242. The summed E-state index contributed by atoms with van der Waals surface area (Å²) < 4.78 is 10.7. The number of benzene rings is 1. The Morgan fingerprint density at radius 3 is 3.00 bits per heavy atom. The quantitative estimate of drug-likeness (QED) is 0.851. The maximum Gasteiger partial charge on any atom is 0.407 e. The van der Waals surface area contributed by atoms with Crippen LogP contribution in [0.15, 0.2) is 18.2 Å². The molecule has 1 atom stereocenters. The molecule has 0 aromatic heterocycles. The maximum absolute atomic E-state index is 11.0. The van der Waals surface area contributed by atoms with Crippen LogP contribution in [0.3, 0.4) is 0 Å². The topological polar surface area (TPSA) is 47.6 Å². The summed E-state index contributed by atoms with van der Waals surface area (Å²) in [6.07, 6.45) is -0.608. The van der Waals surface area contributed by atoms with Crippen LogP contribution >= 0.6 is 0 Å². The van der Waals surface area contributed by atoms with Crippen LogP contribution in [-0.4, -0.2) is 19.2 Å². The molecular formula is C12H15NO3. The molecule has 1 aromatic rings. The normalized spacial score (nSPS) is 19.1. The Morgan fingerprint density at radius 2 is 2.38 bits per heavy atom. The van der Waals surface area contributed by atoms with E-state index in [-0.39, 0.29) is 12.2 Å². The second-order valence-corrected chi connectivity index (χ2v) is 3.75. The van der Waals surface area contributed by atoms with Crippen LogP contribution in [0.4, 0.5) is 4.79 Å². The van der Waals surface area contributed by atoms with E-state index in [0.29, 0.717) is 13.2 Å². The van der Waals surface area contributed by atoms with E-state index < -0.39 is 0 Å². The molecule has 16 heavy (non-hydrogen) atoms. The van der Waals surface area contributed by atoms with E-state index in [1.807, 2.05) is 32.0 Å². The van der Waals surface area contributed by atoms with Crippen LogP contribution in [-0.2, 0) is 4.74 Å². The monoisotopic (exact) mass is 221 g/mol. The van der Waals surface area contributed by atoms with Gasteiger partial charge in [0.05, 0.1) is 13.2 Å². The maximum atomic E-state index is 11.0. The summed E-state index contributed by atoms with van der Waals surface area (Å²) in [4.78, 5) is 11.0. The van der Waals surface area contributed by atoms with Gasteiger partial charge in [0.2, 0.25) is 0 Å². The highest BCUT2D eigenvalue weighted by Gasteiger charge is 2.26. The summed E-state index contributed by atoms with van der Waals surface area (Å²) in [7, 11) is 0. The van der Waals surface area contributed by atoms with Crippen molar-refractivity contribution >= 4 is 6.09 Å². The van der Waals surface area contributed by atoms with Crippen LogP contribution in [0.2, 0.25) is 0 Å². The Balaban J connectivity index is 2.29. The van der Waals surface area contributed by atoms with Gasteiger partial charge in [-0.1, -0.05) is 11.6 Å². The number of nitrogens with one attached hydrogen (secondary N) is 1. The molecule has 1 saturated heterocycles. The summed E-state index contributed by atoms with van der Waals surface area (Å²) in [6, 6.07) is 5.90. The first-order valence-electron chi connectivity index (χ1n) is 5.38. The lowest BCUT2D eigenvalue weighted by atomic mass is 10.1. The van der Waals surface area contributed by atoms with Gasteiger partial charge in [0.1, 0.15) is 11.9 Å². The van der Waals surface area contributed by atoms with Crippen molar-refractivity contribution in [2.24, 2.45) is 0 Å². The molecule has 1 amide bonds. The molecule has 4 nitrogen and oxygen atoms in total. The molecule has 1 aliphatic rings. The van der Waals surface area contributed by atoms with E-state index >= 15 is 0 Å². The second kappa shape index (κ2) is 4.43. The van der Waals surface area contributed by atoms with Crippen molar-refractivity contribution in [2.45, 2.75) is 20.0 Å². The largest absolute Gasteiger partial charge is 0.493 e. The van der Waals surface area contributed by atoms with Gasteiger partial charge in [0.25, 0.3) is 0 Å². The fourth-order valence-corrected chi connectivity index (χ4v) is 1.77. The molecule has 0 radical (unpaired) electrons. The van der Waals surface area contributed by atoms with Gasteiger partial charge in [0, 0.05) is 5.56 Å². The second-order valence-electron chi connectivity index (χ2n) is 3.75. The molecule has 1 unspecified atom stereocenters. The number of carbonyl (C=O) groups is 1. The lowest BCUT2D eigenvalue weighted by molar-refractivity contribution is 0.139. The highest BCUT2D eigenvalue weighted by molar-refractivity contribution is 5.70. The van der Waals surface area contributed by atoms with Crippen LogP contribution in [0.25, 0.3) is 0 Å². The number of hydrogen-bond acceptors (Lipinski definition) is 3. The Bertz CT molecular complexity index is 403. The minimum Gasteiger partial charge on any atom is -0.493 e. The molecule has 1 heterocycles. The molecule has 0 saturated carbocycles. The number of aryl methyl sites for hydroxylation is 1. The van der Waals surface area contributed by atoms with Crippen molar-refractivity contribution in [3.63, 3.8) is 0 Å². The lowest BCUT2D eigenvalue weighted by Gasteiger charge is -2.14. The van der Waals surface area contributed by atoms with E-state index in [0.717, 1.165) is 16.9 Å². The van der Waals surface area contributed by atoms with Crippen LogP contribution in [0, 0.1) is 6.92 Å². The number of amides is 1. The van der Waals surface area contributed by atoms with Gasteiger partial charge in [-0.05, 0) is 26.0 Å². The van der Waals surface area contributed by atoms with E-state index in [1.54, 1.807) is 0 Å². The summed E-state index contributed by atoms with van der Waals surface area (Å²) in [5.41, 5.74) is 2.06. The van der Waals surface area contributed by atoms with Gasteiger partial charge in [-0.15, -0.1) is 0 Å². The van der Waals surface area contributed by atoms with E-state index in [9.17, 15) is 4.79 Å². The lowest BCUT2D eigenvalue weighted by Crippen LogP contribution is -2.12. The minimum atomic E-state index is -0.367. The van der Waals surface area contributed by atoms with Gasteiger partial charge < -0.3 is 14.8 Å². The average molecular weight is 221 g/mol.